The molecule has 2 amide bonds. The Balaban J connectivity index is 2.14. The zero-order valence-electron chi connectivity index (χ0n) is 22.1. The molecular weight excluding hydrogens is 567 g/mol. The van der Waals surface area contributed by atoms with Crippen LogP contribution in [0.2, 0.25) is 5.02 Å². The second kappa shape index (κ2) is 12.7. The van der Waals surface area contributed by atoms with Gasteiger partial charge in [-0.3, -0.25) is 13.9 Å². The van der Waals surface area contributed by atoms with E-state index in [-0.39, 0.29) is 17.9 Å². The van der Waals surface area contributed by atoms with Crippen LogP contribution in [0.15, 0.2) is 77.7 Å². The van der Waals surface area contributed by atoms with E-state index in [0.29, 0.717) is 15.9 Å². The first-order chi connectivity index (χ1) is 18.8. The predicted octanol–water partition coefficient (Wildman–Crippen LogP) is 5.42. The van der Waals surface area contributed by atoms with Crippen LogP contribution < -0.4 is 9.62 Å². The Morgan fingerprint density at radius 1 is 1.00 bits per heavy atom. The van der Waals surface area contributed by atoms with Crippen molar-refractivity contribution in [3.8, 4) is 0 Å². The number of halogens is 4. The first-order valence-electron chi connectivity index (χ1n) is 12.3. The number of nitrogens with zero attached hydrogens (tertiary/aromatic N) is 2. The second-order valence-corrected chi connectivity index (χ2v) is 11.3. The van der Waals surface area contributed by atoms with Gasteiger partial charge in [0.1, 0.15) is 12.6 Å². The molecule has 0 heterocycles. The number of hydrogen-bond acceptors (Lipinski definition) is 4. The molecule has 1 atom stereocenters. The van der Waals surface area contributed by atoms with E-state index in [0.717, 1.165) is 17.7 Å². The third kappa shape index (κ3) is 7.14. The third-order valence-electron chi connectivity index (χ3n) is 6.22. The van der Waals surface area contributed by atoms with E-state index in [1.807, 2.05) is 19.1 Å². The summed E-state index contributed by atoms with van der Waals surface area (Å²) in [7, 11) is -3.11. The fraction of sp³-hybridized carbons (Fsp3) is 0.286. The topological polar surface area (TPSA) is 86.8 Å². The summed E-state index contributed by atoms with van der Waals surface area (Å²) in [6.45, 7) is 2.66. The summed E-state index contributed by atoms with van der Waals surface area (Å²) >= 11 is 5.78. The summed E-state index contributed by atoms with van der Waals surface area (Å²) in [5.74, 6) is -1.24. The summed E-state index contributed by atoms with van der Waals surface area (Å²) < 4.78 is 69.1. The molecule has 0 bridgehead atoms. The van der Waals surface area contributed by atoms with Gasteiger partial charge in [0.2, 0.25) is 11.8 Å². The number of rotatable bonds is 10. The Morgan fingerprint density at radius 2 is 1.68 bits per heavy atom. The number of carbonyl (C=O) groups is 2. The Hall–Kier alpha value is -3.57. The normalized spacial score (nSPS) is 12.5. The maximum absolute atomic E-state index is 13.9. The van der Waals surface area contributed by atoms with E-state index in [9.17, 15) is 31.2 Å². The molecule has 0 saturated carbocycles. The SMILES string of the molecule is CC[C@H](C(=O)NC)N(Cc1cccc(C)c1)C(=O)CN(c1ccc(Cl)c(C(F)(F)F)c1)S(=O)(=O)c1ccccc1. The molecule has 7 nitrogen and oxygen atoms in total. The van der Waals surface area contributed by atoms with Crippen molar-refractivity contribution in [2.45, 2.75) is 43.9 Å². The summed E-state index contributed by atoms with van der Waals surface area (Å²) in [6, 6.07) is 15.9. The lowest BCUT2D eigenvalue weighted by Crippen LogP contribution is -2.51. The maximum Gasteiger partial charge on any atom is 0.417 e. The van der Waals surface area contributed by atoms with E-state index in [4.69, 9.17) is 11.6 Å². The smallest absolute Gasteiger partial charge is 0.357 e. The first kappa shape index (κ1) is 31.0. The standard InChI is InChI=1S/C28H29ClF3N3O4S/c1-4-25(27(37)33-3)34(17-20-10-8-9-19(2)15-20)26(36)18-35(40(38,39)22-11-6-5-7-12-22)21-13-14-24(29)23(16-21)28(30,31)32/h5-16,25H,4,17-18H2,1-3H3,(H,33,37)/t25-/m1/s1. The van der Waals surface area contributed by atoms with E-state index in [1.54, 1.807) is 25.1 Å². The summed E-state index contributed by atoms with van der Waals surface area (Å²) in [4.78, 5) is 27.6. The average molecular weight is 596 g/mol. The monoisotopic (exact) mass is 595 g/mol. The fourth-order valence-electron chi connectivity index (χ4n) is 4.23. The predicted molar refractivity (Wildman–Crippen MR) is 147 cm³/mol. The highest BCUT2D eigenvalue weighted by Gasteiger charge is 2.37. The lowest BCUT2D eigenvalue weighted by atomic mass is 10.1. The van der Waals surface area contributed by atoms with Gasteiger partial charge < -0.3 is 10.2 Å². The van der Waals surface area contributed by atoms with Gasteiger partial charge in [-0.1, -0.05) is 66.6 Å². The Morgan fingerprint density at radius 3 is 2.25 bits per heavy atom. The van der Waals surface area contributed by atoms with Crippen LogP contribution in [0.25, 0.3) is 0 Å². The molecule has 40 heavy (non-hydrogen) atoms. The largest absolute Gasteiger partial charge is 0.417 e. The van der Waals surface area contributed by atoms with E-state index in [1.165, 1.54) is 36.2 Å². The lowest BCUT2D eigenvalue weighted by molar-refractivity contribution is -0.140. The summed E-state index contributed by atoms with van der Waals surface area (Å²) in [6.07, 6.45) is -4.66. The molecule has 0 aliphatic heterocycles. The van der Waals surface area contributed by atoms with Crippen molar-refractivity contribution in [3.05, 3.63) is 94.5 Å². The quantitative estimate of drug-likeness (QED) is 0.339. The average Bonchev–Trinajstić information content (AvgIpc) is 2.91. The van der Waals surface area contributed by atoms with Gasteiger partial charge in [0.25, 0.3) is 10.0 Å². The molecule has 0 spiro atoms. The molecule has 3 aromatic carbocycles. The second-order valence-electron chi connectivity index (χ2n) is 9.04. The Kier molecular flexibility index (Phi) is 9.86. The minimum Gasteiger partial charge on any atom is -0.357 e. The molecule has 1 N–H and O–H groups in total. The number of hydrogen-bond donors (Lipinski definition) is 1. The van der Waals surface area contributed by atoms with Gasteiger partial charge in [0, 0.05) is 13.6 Å². The molecule has 0 unspecified atom stereocenters. The maximum atomic E-state index is 13.9. The molecule has 3 rings (SSSR count). The van der Waals surface area contributed by atoms with Crippen LogP contribution in [-0.4, -0.2) is 44.8 Å². The molecule has 0 saturated heterocycles. The third-order valence-corrected chi connectivity index (χ3v) is 8.34. The minimum atomic E-state index is -4.87. The highest BCUT2D eigenvalue weighted by molar-refractivity contribution is 7.92. The van der Waals surface area contributed by atoms with Crippen LogP contribution in [0, 0.1) is 6.92 Å². The van der Waals surface area contributed by atoms with Crippen LogP contribution in [0.3, 0.4) is 0 Å². The number of carbonyl (C=O) groups excluding carboxylic acids is 2. The lowest BCUT2D eigenvalue weighted by Gasteiger charge is -2.33. The molecule has 214 valence electrons. The molecule has 0 aliphatic carbocycles. The molecule has 0 fully saturated rings. The zero-order valence-corrected chi connectivity index (χ0v) is 23.6. The van der Waals surface area contributed by atoms with Crippen molar-refractivity contribution < 1.29 is 31.2 Å². The van der Waals surface area contributed by atoms with Gasteiger partial charge in [-0.05, 0) is 49.2 Å². The minimum absolute atomic E-state index is 0.0277. The van der Waals surface area contributed by atoms with E-state index >= 15 is 0 Å². The number of benzene rings is 3. The zero-order chi connectivity index (χ0) is 29.7. The van der Waals surface area contributed by atoms with Crippen molar-refractivity contribution in [2.24, 2.45) is 0 Å². The molecular formula is C28H29ClF3N3O4S. The molecule has 12 heteroatoms. The molecule has 0 radical (unpaired) electrons. The van der Waals surface area contributed by atoms with Gasteiger partial charge in [-0.25, -0.2) is 8.42 Å². The van der Waals surface area contributed by atoms with Gasteiger partial charge in [0.05, 0.1) is 21.2 Å². The highest BCUT2D eigenvalue weighted by atomic mass is 35.5. The van der Waals surface area contributed by atoms with Crippen molar-refractivity contribution >= 4 is 39.1 Å². The number of anilines is 1. The summed E-state index contributed by atoms with van der Waals surface area (Å²) in [5.41, 5.74) is -0.0516. The van der Waals surface area contributed by atoms with Crippen molar-refractivity contribution in [3.63, 3.8) is 0 Å². The number of nitrogens with one attached hydrogen (secondary N) is 1. The van der Waals surface area contributed by atoms with Gasteiger partial charge in [0.15, 0.2) is 0 Å². The number of sulfonamides is 1. The van der Waals surface area contributed by atoms with Crippen molar-refractivity contribution in [1.82, 2.24) is 10.2 Å². The fourth-order valence-corrected chi connectivity index (χ4v) is 5.88. The highest BCUT2D eigenvalue weighted by Crippen LogP contribution is 2.38. The Bertz CT molecular complexity index is 1470. The number of alkyl halides is 3. The van der Waals surface area contributed by atoms with Crippen LogP contribution in [0.5, 0.6) is 0 Å². The van der Waals surface area contributed by atoms with E-state index in [2.05, 4.69) is 5.32 Å². The van der Waals surface area contributed by atoms with Gasteiger partial charge in [-0.2, -0.15) is 13.2 Å². The molecule has 0 aliphatic rings. The first-order valence-corrected chi connectivity index (χ1v) is 14.1. The van der Waals surface area contributed by atoms with Crippen LogP contribution >= 0.6 is 11.6 Å². The number of likely N-dealkylation sites (N-methyl/N-ethyl adjacent to an activating group) is 1. The number of amides is 2. The van der Waals surface area contributed by atoms with Gasteiger partial charge >= 0.3 is 6.18 Å². The van der Waals surface area contributed by atoms with Crippen LogP contribution in [0.4, 0.5) is 18.9 Å². The Labute approximate surface area is 236 Å². The van der Waals surface area contributed by atoms with Crippen molar-refractivity contribution in [2.75, 3.05) is 17.9 Å². The van der Waals surface area contributed by atoms with Crippen LogP contribution in [-0.2, 0) is 32.3 Å². The molecule has 0 aromatic heterocycles. The van der Waals surface area contributed by atoms with Crippen LogP contribution in [0.1, 0.15) is 30.0 Å². The summed E-state index contributed by atoms with van der Waals surface area (Å²) in [5, 5.41) is 1.90. The van der Waals surface area contributed by atoms with Gasteiger partial charge in [-0.15, -0.1) is 0 Å². The van der Waals surface area contributed by atoms with E-state index < -0.39 is 56.9 Å². The molecule has 3 aromatic rings. The van der Waals surface area contributed by atoms with Crippen molar-refractivity contribution in [1.29, 1.82) is 0 Å². The number of aryl methyl sites for hydroxylation is 1.